The molecule has 0 aliphatic heterocycles. The maximum absolute atomic E-state index is 12.4. The number of rotatable bonds is 11. The number of carboxylic acid groups (broad SMARTS) is 1. The molecule has 0 radical (unpaired) electrons. The van der Waals surface area contributed by atoms with Crippen LogP contribution in [-0.4, -0.2) is 47.2 Å². The maximum Gasteiger partial charge on any atom is 0.408 e. The molecule has 1 aromatic carbocycles. The molecular weight excluding hydrogens is 356 g/mol. The maximum atomic E-state index is 12.4. The van der Waals surface area contributed by atoms with Gasteiger partial charge in [-0.15, -0.1) is 0 Å². The van der Waals surface area contributed by atoms with Crippen molar-refractivity contribution in [3.8, 4) is 0 Å². The van der Waals surface area contributed by atoms with Gasteiger partial charge in [-0.05, 0) is 30.4 Å². The first-order valence-electron chi connectivity index (χ1n) is 8.47. The van der Waals surface area contributed by atoms with E-state index in [1.54, 1.807) is 0 Å². The summed E-state index contributed by atoms with van der Waals surface area (Å²) in [7, 11) is 0. The third-order valence-corrected chi connectivity index (χ3v) is 4.27. The first-order chi connectivity index (χ1) is 12.5. The van der Waals surface area contributed by atoms with Gasteiger partial charge in [0.05, 0.1) is 0 Å². The lowest BCUT2D eigenvalue weighted by atomic mass is 10.1. The Hall–Kier alpha value is -2.22. The third-order valence-electron chi connectivity index (χ3n) is 3.62. The van der Waals surface area contributed by atoms with Crippen LogP contribution in [0.5, 0.6) is 0 Å². The fourth-order valence-corrected chi connectivity index (χ4v) is 2.70. The molecule has 0 unspecified atom stereocenters. The van der Waals surface area contributed by atoms with Crippen LogP contribution in [0.1, 0.15) is 31.7 Å². The van der Waals surface area contributed by atoms with Crippen LogP contribution in [0.2, 0.25) is 0 Å². The zero-order valence-electron chi connectivity index (χ0n) is 15.1. The van der Waals surface area contributed by atoms with Crippen LogP contribution < -0.4 is 10.6 Å². The van der Waals surface area contributed by atoms with Gasteiger partial charge in [-0.25, -0.2) is 9.59 Å². The Morgan fingerprint density at radius 2 is 1.81 bits per heavy atom. The van der Waals surface area contributed by atoms with Crippen molar-refractivity contribution in [1.82, 2.24) is 10.6 Å². The Kier molecular flexibility index (Phi) is 10.2. The fraction of sp³-hybridized carbons (Fsp3) is 0.500. The van der Waals surface area contributed by atoms with Crippen molar-refractivity contribution in [2.75, 3.05) is 12.0 Å². The number of ether oxygens (including phenoxy) is 1. The van der Waals surface area contributed by atoms with Gasteiger partial charge in [0.15, 0.2) is 0 Å². The lowest BCUT2D eigenvalue weighted by Gasteiger charge is -2.21. The van der Waals surface area contributed by atoms with E-state index in [9.17, 15) is 19.5 Å². The second kappa shape index (κ2) is 12.2. The van der Waals surface area contributed by atoms with Gasteiger partial charge in [0.25, 0.3) is 0 Å². The number of hydrogen-bond acceptors (Lipinski definition) is 5. The molecule has 7 nitrogen and oxygen atoms in total. The van der Waals surface area contributed by atoms with Crippen LogP contribution in [0.15, 0.2) is 30.3 Å². The van der Waals surface area contributed by atoms with Crippen molar-refractivity contribution in [2.24, 2.45) is 0 Å². The van der Waals surface area contributed by atoms with E-state index in [1.165, 1.54) is 11.8 Å². The van der Waals surface area contributed by atoms with E-state index in [0.29, 0.717) is 25.0 Å². The number of benzene rings is 1. The van der Waals surface area contributed by atoms with Gasteiger partial charge < -0.3 is 20.5 Å². The molecule has 2 atom stereocenters. The van der Waals surface area contributed by atoms with Gasteiger partial charge in [0, 0.05) is 0 Å². The summed E-state index contributed by atoms with van der Waals surface area (Å²) in [5, 5.41) is 14.2. The molecule has 0 spiro atoms. The zero-order valence-corrected chi connectivity index (χ0v) is 15.9. The Labute approximate surface area is 157 Å². The Balaban J connectivity index is 2.57. The summed E-state index contributed by atoms with van der Waals surface area (Å²) in [5.74, 6) is -0.992. The van der Waals surface area contributed by atoms with Gasteiger partial charge in [0.2, 0.25) is 5.91 Å². The molecule has 8 heteroatoms. The molecule has 0 aromatic heterocycles. The van der Waals surface area contributed by atoms with Crippen LogP contribution in [0.4, 0.5) is 4.79 Å². The summed E-state index contributed by atoms with van der Waals surface area (Å²) in [5.41, 5.74) is 0.835. The van der Waals surface area contributed by atoms with E-state index in [-0.39, 0.29) is 6.61 Å². The number of carbonyl (C=O) groups excluding carboxylic acids is 2. The molecule has 2 amide bonds. The second-order valence-electron chi connectivity index (χ2n) is 5.73. The Morgan fingerprint density at radius 1 is 1.12 bits per heavy atom. The number of amides is 2. The lowest BCUT2D eigenvalue weighted by molar-refractivity contribution is -0.142. The highest BCUT2D eigenvalue weighted by atomic mass is 32.2. The number of carbonyl (C=O) groups is 3. The fourth-order valence-electron chi connectivity index (χ4n) is 2.23. The number of hydrogen-bond donors (Lipinski definition) is 3. The SMILES string of the molecule is CCC[C@@H](NC(=O)OCc1ccccc1)C(=O)N[C@H](CCSC)C(=O)O. The lowest BCUT2D eigenvalue weighted by Crippen LogP contribution is -2.51. The van der Waals surface area contributed by atoms with E-state index in [4.69, 9.17) is 4.74 Å². The highest BCUT2D eigenvalue weighted by molar-refractivity contribution is 7.98. The second-order valence-corrected chi connectivity index (χ2v) is 6.71. The highest BCUT2D eigenvalue weighted by Crippen LogP contribution is 2.05. The standard InChI is InChI=1S/C18H26N2O5S/c1-3-7-14(16(21)19-15(17(22)23)10-11-26-2)20-18(24)25-12-13-8-5-4-6-9-13/h4-6,8-9,14-15H,3,7,10-12H2,1-2H3,(H,19,21)(H,20,24)(H,22,23)/t14-,15-/m1/s1. The molecule has 0 saturated heterocycles. The van der Waals surface area contributed by atoms with Gasteiger partial charge in [-0.1, -0.05) is 43.7 Å². The van der Waals surface area contributed by atoms with Crippen LogP contribution >= 0.6 is 11.8 Å². The summed E-state index contributed by atoms with van der Waals surface area (Å²) in [6.45, 7) is 1.97. The van der Waals surface area contributed by atoms with Gasteiger partial charge >= 0.3 is 12.1 Å². The summed E-state index contributed by atoms with van der Waals surface area (Å²) in [6.07, 6.45) is 2.52. The Morgan fingerprint density at radius 3 is 2.38 bits per heavy atom. The molecule has 0 saturated carbocycles. The van der Waals surface area contributed by atoms with Crippen molar-refractivity contribution in [1.29, 1.82) is 0 Å². The van der Waals surface area contributed by atoms with Crippen LogP contribution in [0.3, 0.4) is 0 Å². The number of aliphatic carboxylic acids is 1. The molecule has 3 N–H and O–H groups in total. The summed E-state index contributed by atoms with van der Waals surface area (Å²) < 4.78 is 5.12. The quantitative estimate of drug-likeness (QED) is 0.543. The van der Waals surface area contributed by atoms with Crippen LogP contribution in [0, 0.1) is 0 Å². The van der Waals surface area contributed by atoms with Crippen molar-refractivity contribution in [3.05, 3.63) is 35.9 Å². The van der Waals surface area contributed by atoms with Crippen molar-refractivity contribution in [3.63, 3.8) is 0 Å². The van der Waals surface area contributed by atoms with E-state index in [0.717, 1.165) is 5.56 Å². The summed E-state index contributed by atoms with van der Waals surface area (Å²) in [4.78, 5) is 35.6. The van der Waals surface area contributed by atoms with Crippen molar-refractivity contribution < 1.29 is 24.2 Å². The molecule has 0 fully saturated rings. The minimum absolute atomic E-state index is 0.0958. The van der Waals surface area contributed by atoms with Gasteiger partial charge in [-0.2, -0.15) is 11.8 Å². The highest BCUT2D eigenvalue weighted by Gasteiger charge is 2.26. The predicted octanol–water partition coefficient (Wildman–Crippen LogP) is 2.40. The van der Waals surface area contributed by atoms with E-state index in [1.807, 2.05) is 43.5 Å². The topological polar surface area (TPSA) is 105 Å². The summed E-state index contributed by atoms with van der Waals surface area (Å²) >= 11 is 1.50. The first-order valence-corrected chi connectivity index (χ1v) is 9.86. The average Bonchev–Trinajstić information content (AvgIpc) is 2.63. The van der Waals surface area contributed by atoms with Gasteiger partial charge in [0.1, 0.15) is 18.7 Å². The largest absolute Gasteiger partial charge is 0.480 e. The van der Waals surface area contributed by atoms with E-state index in [2.05, 4.69) is 10.6 Å². The minimum atomic E-state index is -1.09. The number of nitrogens with one attached hydrogen (secondary N) is 2. The smallest absolute Gasteiger partial charge is 0.408 e. The van der Waals surface area contributed by atoms with E-state index >= 15 is 0 Å². The van der Waals surface area contributed by atoms with Crippen molar-refractivity contribution in [2.45, 2.75) is 44.9 Å². The molecule has 26 heavy (non-hydrogen) atoms. The van der Waals surface area contributed by atoms with Crippen LogP contribution in [0.25, 0.3) is 0 Å². The Bertz CT molecular complexity index is 582. The number of thioether (sulfide) groups is 1. The predicted molar refractivity (Wildman–Crippen MR) is 101 cm³/mol. The molecule has 0 aliphatic rings. The number of carboxylic acids is 1. The average molecular weight is 382 g/mol. The van der Waals surface area contributed by atoms with Crippen LogP contribution in [-0.2, 0) is 20.9 Å². The summed E-state index contributed by atoms with van der Waals surface area (Å²) in [6, 6.07) is 7.38. The molecular formula is C18H26N2O5S. The molecule has 0 heterocycles. The normalized spacial score (nSPS) is 12.7. The minimum Gasteiger partial charge on any atom is -0.480 e. The monoisotopic (exact) mass is 382 g/mol. The van der Waals surface area contributed by atoms with Gasteiger partial charge in [-0.3, -0.25) is 4.79 Å². The molecule has 0 aliphatic carbocycles. The molecule has 1 rings (SSSR count). The first kappa shape index (κ1) is 21.8. The van der Waals surface area contributed by atoms with E-state index < -0.39 is 30.1 Å². The molecule has 144 valence electrons. The number of alkyl carbamates (subject to hydrolysis) is 1. The van der Waals surface area contributed by atoms with Crippen molar-refractivity contribution >= 4 is 29.7 Å². The molecule has 0 bridgehead atoms. The molecule has 1 aromatic rings. The third kappa shape index (κ3) is 8.24. The zero-order chi connectivity index (χ0) is 19.4.